The molecule has 2 saturated heterocycles. The van der Waals surface area contributed by atoms with Crippen LogP contribution >= 0.6 is 35.8 Å². The van der Waals surface area contributed by atoms with Crippen LogP contribution in [0.25, 0.3) is 10.8 Å². The zero-order chi connectivity index (χ0) is 15.8. The van der Waals surface area contributed by atoms with Gasteiger partial charge in [0.15, 0.2) is 0 Å². The van der Waals surface area contributed by atoms with Crippen molar-refractivity contribution < 1.29 is 4.79 Å². The fourth-order valence-corrected chi connectivity index (χ4v) is 5.02. The maximum Gasteiger partial charge on any atom is 0.232 e. The number of carbonyl (C=O) groups excluding carboxylic acids is 1. The fourth-order valence-electron chi connectivity index (χ4n) is 3.67. The Morgan fingerprint density at radius 2 is 1.83 bits per heavy atom. The Labute approximate surface area is 157 Å². The smallest absolute Gasteiger partial charge is 0.232 e. The van der Waals surface area contributed by atoms with E-state index >= 15 is 0 Å². The lowest BCUT2D eigenvalue weighted by Gasteiger charge is -2.17. The van der Waals surface area contributed by atoms with E-state index < -0.39 is 0 Å². The molecule has 2 aromatic rings. The molecular weight excluding hydrogens is 363 g/mol. The quantitative estimate of drug-likeness (QED) is 0.821. The van der Waals surface area contributed by atoms with Gasteiger partial charge in [0.1, 0.15) is 0 Å². The molecule has 1 N–H and O–H groups in total. The molecule has 0 radical (unpaired) electrons. The average Bonchev–Trinajstić information content (AvgIpc) is 3.14. The number of nitrogens with zero attached hydrogens (tertiary/aromatic N) is 1. The van der Waals surface area contributed by atoms with Crippen molar-refractivity contribution >= 4 is 52.4 Å². The molecule has 2 heterocycles. The van der Waals surface area contributed by atoms with Crippen LogP contribution in [0.3, 0.4) is 0 Å². The largest absolute Gasteiger partial charge is 0.341 e. The second-order valence-electron chi connectivity index (χ2n) is 6.36. The molecule has 128 valence electrons. The highest BCUT2D eigenvalue weighted by molar-refractivity contribution is 8.00. The van der Waals surface area contributed by atoms with Gasteiger partial charge in [0.25, 0.3) is 0 Å². The first kappa shape index (κ1) is 17.9. The van der Waals surface area contributed by atoms with E-state index in [1.165, 1.54) is 0 Å². The van der Waals surface area contributed by atoms with Gasteiger partial charge in [0, 0.05) is 41.5 Å². The first-order chi connectivity index (χ1) is 11.2. The molecule has 6 heteroatoms. The number of nitrogens with one attached hydrogen (secondary N) is 1. The molecule has 2 atom stereocenters. The van der Waals surface area contributed by atoms with Gasteiger partial charge < -0.3 is 10.2 Å². The third kappa shape index (κ3) is 3.38. The Morgan fingerprint density at radius 3 is 2.54 bits per heavy atom. The summed E-state index contributed by atoms with van der Waals surface area (Å²) in [5.41, 5.74) is 0. The van der Waals surface area contributed by atoms with Crippen molar-refractivity contribution in [3.05, 3.63) is 41.4 Å². The Hall–Kier alpha value is -0.940. The molecule has 2 fully saturated rings. The monoisotopic (exact) mass is 382 g/mol. The van der Waals surface area contributed by atoms with Crippen molar-refractivity contribution in [3.8, 4) is 0 Å². The number of thioether (sulfide) groups is 1. The van der Waals surface area contributed by atoms with Crippen molar-refractivity contribution in [2.45, 2.75) is 4.90 Å². The van der Waals surface area contributed by atoms with E-state index in [-0.39, 0.29) is 18.3 Å². The molecule has 0 saturated carbocycles. The van der Waals surface area contributed by atoms with Crippen LogP contribution in [0.15, 0.2) is 41.3 Å². The van der Waals surface area contributed by atoms with Gasteiger partial charge in [-0.05, 0) is 29.4 Å². The third-order valence-corrected chi connectivity index (χ3v) is 6.27. The number of rotatable bonds is 3. The van der Waals surface area contributed by atoms with Gasteiger partial charge in [0.05, 0.1) is 5.75 Å². The van der Waals surface area contributed by atoms with Crippen LogP contribution in [0.5, 0.6) is 0 Å². The Morgan fingerprint density at radius 1 is 1.17 bits per heavy atom. The minimum atomic E-state index is 0. The average molecular weight is 383 g/mol. The highest BCUT2D eigenvalue weighted by atomic mass is 35.5. The Balaban J connectivity index is 0.00000169. The predicted molar refractivity (Wildman–Crippen MR) is 103 cm³/mol. The Bertz CT molecular complexity index is 738. The Kier molecular flexibility index (Phi) is 5.60. The van der Waals surface area contributed by atoms with E-state index in [1.54, 1.807) is 11.8 Å². The number of likely N-dealkylation sites (tertiary alicyclic amines) is 1. The van der Waals surface area contributed by atoms with Crippen LogP contribution in [0.1, 0.15) is 0 Å². The molecule has 2 aliphatic rings. The second-order valence-corrected chi connectivity index (χ2v) is 7.78. The summed E-state index contributed by atoms with van der Waals surface area (Å²) in [4.78, 5) is 15.6. The summed E-state index contributed by atoms with van der Waals surface area (Å²) < 4.78 is 0. The zero-order valence-electron chi connectivity index (χ0n) is 13.2. The van der Waals surface area contributed by atoms with E-state index in [0.29, 0.717) is 17.6 Å². The van der Waals surface area contributed by atoms with E-state index in [0.717, 1.165) is 46.9 Å². The normalized spacial score (nSPS) is 22.5. The summed E-state index contributed by atoms with van der Waals surface area (Å²) in [6, 6.07) is 12.1. The van der Waals surface area contributed by atoms with Crippen LogP contribution in [0.4, 0.5) is 0 Å². The summed E-state index contributed by atoms with van der Waals surface area (Å²) >= 11 is 7.95. The molecule has 2 aromatic carbocycles. The standard InChI is InChI=1S/C18H19ClN2OS.ClH/c19-15-5-1-3-12-4-2-6-16(18(12)15)23-11-17(22)21-9-13-7-20-8-14(13)10-21;/h1-6,13-14,20H,7-11H2;1H/t13-,14+;. The molecule has 0 spiro atoms. The SMILES string of the molecule is Cl.O=C(CSc1cccc2cccc(Cl)c12)N1C[C@H]2CNC[C@H]2C1. The van der Waals surface area contributed by atoms with Crippen molar-refractivity contribution in [2.75, 3.05) is 31.9 Å². The molecule has 0 bridgehead atoms. The summed E-state index contributed by atoms with van der Waals surface area (Å²) in [5, 5.41) is 6.33. The maximum atomic E-state index is 12.5. The maximum absolute atomic E-state index is 12.5. The molecule has 2 aliphatic heterocycles. The van der Waals surface area contributed by atoms with Crippen molar-refractivity contribution in [1.29, 1.82) is 0 Å². The molecule has 0 aliphatic carbocycles. The van der Waals surface area contributed by atoms with Crippen molar-refractivity contribution in [2.24, 2.45) is 11.8 Å². The number of amides is 1. The van der Waals surface area contributed by atoms with Crippen molar-refractivity contribution in [1.82, 2.24) is 10.2 Å². The highest BCUT2D eigenvalue weighted by Crippen LogP contribution is 2.34. The molecule has 3 nitrogen and oxygen atoms in total. The number of hydrogen-bond acceptors (Lipinski definition) is 3. The summed E-state index contributed by atoms with van der Waals surface area (Å²) in [5.74, 6) is 2.03. The summed E-state index contributed by atoms with van der Waals surface area (Å²) in [7, 11) is 0. The van der Waals surface area contributed by atoms with Crippen LogP contribution < -0.4 is 5.32 Å². The summed E-state index contributed by atoms with van der Waals surface area (Å²) in [6.07, 6.45) is 0. The number of halogens is 2. The van der Waals surface area contributed by atoms with Gasteiger partial charge in [-0.25, -0.2) is 0 Å². The van der Waals surface area contributed by atoms with Crippen LogP contribution in [-0.2, 0) is 4.79 Å². The van der Waals surface area contributed by atoms with Crippen molar-refractivity contribution in [3.63, 3.8) is 0 Å². The first-order valence-corrected chi connectivity index (χ1v) is 9.37. The van der Waals surface area contributed by atoms with Gasteiger partial charge in [-0.2, -0.15) is 0 Å². The van der Waals surface area contributed by atoms with Crippen LogP contribution in [0, 0.1) is 11.8 Å². The molecule has 1 amide bonds. The first-order valence-electron chi connectivity index (χ1n) is 8.01. The molecule has 24 heavy (non-hydrogen) atoms. The van der Waals surface area contributed by atoms with E-state index in [4.69, 9.17) is 11.6 Å². The van der Waals surface area contributed by atoms with E-state index in [2.05, 4.69) is 23.5 Å². The molecule has 4 rings (SSSR count). The lowest BCUT2D eigenvalue weighted by molar-refractivity contribution is -0.127. The number of carbonyl (C=O) groups is 1. The van der Waals surface area contributed by atoms with Crippen LogP contribution in [-0.4, -0.2) is 42.7 Å². The topological polar surface area (TPSA) is 32.3 Å². The lowest BCUT2D eigenvalue weighted by atomic mass is 10.0. The fraction of sp³-hybridized carbons (Fsp3) is 0.389. The van der Waals surface area contributed by atoms with Gasteiger partial charge in [0.2, 0.25) is 5.91 Å². The lowest BCUT2D eigenvalue weighted by Crippen LogP contribution is -2.33. The van der Waals surface area contributed by atoms with E-state index in [1.807, 2.05) is 23.1 Å². The highest BCUT2D eigenvalue weighted by Gasteiger charge is 2.37. The van der Waals surface area contributed by atoms with Gasteiger partial charge >= 0.3 is 0 Å². The van der Waals surface area contributed by atoms with Gasteiger partial charge in [-0.1, -0.05) is 35.9 Å². The van der Waals surface area contributed by atoms with E-state index in [9.17, 15) is 4.79 Å². The third-order valence-electron chi connectivity index (χ3n) is 4.91. The summed E-state index contributed by atoms with van der Waals surface area (Å²) in [6.45, 7) is 3.93. The van der Waals surface area contributed by atoms with Gasteiger partial charge in [-0.3, -0.25) is 4.79 Å². The molecular formula is C18H20Cl2N2OS. The molecule has 0 aromatic heterocycles. The predicted octanol–water partition coefficient (Wildman–Crippen LogP) is 3.68. The number of fused-ring (bicyclic) bond motifs is 2. The zero-order valence-corrected chi connectivity index (χ0v) is 15.6. The molecule has 0 unspecified atom stereocenters. The van der Waals surface area contributed by atoms with Gasteiger partial charge in [-0.15, -0.1) is 24.2 Å². The minimum absolute atomic E-state index is 0. The number of hydrogen-bond donors (Lipinski definition) is 1. The minimum Gasteiger partial charge on any atom is -0.341 e. The van der Waals surface area contributed by atoms with Crippen LogP contribution in [0.2, 0.25) is 5.02 Å². The number of benzene rings is 2. The second kappa shape index (κ2) is 7.52.